The largest absolute Gasteiger partial charge is 0.453 e. The number of amides is 3. The zero-order chi connectivity index (χ0) is 44.4. The minimum absolute atomic E-state index is 0.0310. The van der Waals surface area contributed by atoms with Gasteiger partial charge in [-0.1, -0.05) is 6.92 Å². The number of likely N-dealkylation sites (tertiary alicyclic amines) is 1. The molecule has 1 aliphatic carbocycles. The SMILES string of the molecule is CCN(C)S(=O)(=O)Nc1ccc(F)c(Oc2ccc3c(c2)C(O)N([C@@H]2CO[C@]4(CCN(C5CCC(c6cc7c(cc6F)c(N6CCC(=O)NC6=O)nn7C)CC5)C4)C2)C=N3)c1C#N. The Bertz CT molecular complexity index is 2680. The minimum Gasteiger partial charge on any atom is -0.453 e. The third kappa shape index (κ3) is 7.86. The van der Waals surface area contributed by atoms with Crippen LogP contribution in [0.15, 0.2) is 47.5 Å². The highest BCUT2D eigenvalue weighted by atomic mass is 32.2. The molecule has 1 spiro atoms. The van der Waals surface area contributed by atoms with Gasteiger partial charge in [-0.2, -0.15) is 23.1 Å². The molecule has 332 valence electrons. The molecule has 9 rings (SSSR count). The number of aryl methyl sites for hydroxylation is 1. The number of benzene rings is 3. The lowest BCUT2D eigenvalue weighted by atomic mass is 9.80. The summed E-state index contributed by atoms with van der Waals surface area (Å²) < 4.78 is 73.8. The number of nitrogens with zero attached hydrogens (tertiary/aromatic N) is 8. The lowest BCUT2D eigenvalue weighted by Crippen LogP contribution is -2.49. The van der Waals surface area contributed by atoms with Crippen LogP contribution in [0.25, 0.3) is 10.9 Å². The second-order valence-electron chi connectivity index (χ2n) is 17.0. The number of carbonyl (C=O) groups excluding carboxylic acids is 2. The molecular weight excluding hydrogens is 839 g/mol. The van der Waals surface area contributed by atoms with E-state index < -0.39 is 39.6 Å². The van der Waals surface area contributed by atoms with Crippen molar-refractivity contribution in [1.29, 1.82) is 5.26 Å². The van der Waals surface area contributed by atoms with E-state index in [0.29, 0.717) is 47.1 Å². The molecule has 3 saturated heterocycles. The number of hydrogen-bond donors (Lipinski definition) is 3. The van der Waals surface area contributed by atoms with Gasteiger partial charge in [0.1, 0.15) is 23.2 Å². The van der Waals surface area contributed by atoms with Gasteiger partial charge in [0.05, 0.1) is 41.5 Å². The van der Waals surface area contributed by atoms with E-state index in [1.165, 1.54) is 30.1 Å². The summed E-state index contributed by atoms with van der Waals surface area (Å²) in [5, 5.41) is 29.0. The first kappa shape index (κ1) is 42.6. The molecule has 63 heavy (non-hydrogen) atoms. The highest BCUT2D eigenvalue weighted by Gasteiger charge is 2.49. The van der Waals surface area contributed by atoms with E-state index in [1.54, 1.807) is 36.0 Å². The van der Waals surface area contributed by atoms with Crippen molar-refractivity contribution in [3.05, 3.63) is 70.8 Å². The van der Waals surface area contributed by atoms with Gasteiger partial charge in [-0.15, -0.1) is 0 Å². The second kappa shape index (κ2) is 16.4. The number of imide groups is 1. The molecule has 1 unspecified atom stereocenters. The van der Waals surface area contributed by atoms with Gasteiger partial charge in [0.25, 0.3) is 0 Å². The molecule has 0 bridgehead atoms. The summed E-state index contributed by atoms with van der Waals surface area (Å²) in [7, 11) is -0.880. The Kier molecular flexibility index (Phi) is 11.1. The van der Waals surface area contributed by atoms with Crippen LogP contribution in [0.5, 0.6) is 11.5 Å². The van der Waals surface area contributed by atoms with Gasteiger partial charge in [0.2, 0.25) is 5.91 Å². The zero-order valence-corrected chi connectivity index (χ0v) is 35.9. The van der Waals surface area contributed by atoms with E-state index >= 15 is 8.78 Å². The van der Waals surface area contributed by atoms with E-state index in [9.17, 15) is 28.4 Å². The van der Waals surface area contributed by atoms with E-state index in [2.05, 4.69) is 25.0 Å². The Hall–Kier alpha value is -5.72. The van der Waals surface area contributed by atoms with Crippen molar-refractivity contribution in [1.82, 2.24) is 29.2 Å². The minimum atomic E-state index is -4.02. The van der Waals surface area contributed by atoms with Crippen LogP contribution in [-0.4, -0.2) is 113 Å². The molecule has 1 aromatic heterocycles. The summed E-state index contributed by atoms with van der Waals surface area (Å²) >= 11 is 0. The fourth-order valence-corrected chi connectivity index (χ4v) is 10.7. The van der Waals surface area contributed by atoms with Crippen LogP contribution in [0.3, 0.4) is 0 Å². The third-order valence-electron chi connectivity index (χ3n) is 13.3. The molecule has 5 aliphatic rings. The standard InChI is InChI=1S/C43H48F2N10O7S/c1-4-51(2)63(59,60)50-36-12-10-33(44)39(32(36)21-46)62-28-9-11-35-30(17-28)41(57)55(24-47-35)27-20-43(61-22-27)14-16-53(23-43)26-7-5-25(6-8-26)29-19-37-31(18-34(29)45)40(49-52(37)3)54-15-13-38(56)48-42(54)58/h9-12,17-19,24-27,41,50,57H,4-8,13-16,20,22-23H2,1-3H3,(H,48,56,58)/t25?,26?,27-,41?,43+/m0/s1. The Morgan fingerprint density at radius 3 is 2.62 bits per heavy atom. The summed E-state index contributed by atoms with van der Waals surface area (Å²) in [6.45, 7) is 3.96. The Morgan fingerprint density at radius 1 is 1.08 bits per heavy atom. The van der Waals surface area contributed by atoms with Crippen LogP contribution in [0.1, 0.15) is 80.7 Å². The van der Waals surface area contributed by atoms with Crippen LogP contribution < -0.4 is 19.7 Å². The number of fused-ring (bicyclic) bond motifs is 2. The number of aliphatic imine (C=N–C) groups is 1. The predicted octanol–water partition coefficient (Wildman–Crippen LogP) is 5.50. The number of ether oxygens (including phenoxy) is 2. The average Bonchev–Trinajstić information content (AvgIpc) is 3.98. The van der Waals surface area contributed by atoms with Gasteiger partial charge >= 0.3 is 16.2 Å². The maximum Gasteiger partial charge on any atom is 0.329 e. The maximum absolute atomic E-state index is 15.8. The Labute approximate surface area is 363 Å². The maximum atomic E-state index is 15.8. The number of aliphatic hydroxyl groups is 1. The van der Waals surface area contributed by atoms with E-state index in [0.717, 1.165) is 67.1 Å². The topological polar surface area (TPSA) is 198 Å². The lowest BCUT2D eigenvalue weighted by Gasteiger charge is -2.36. The van der Waals surface area contributed by atoms with Gasteiger partial charge in [0, 0.05) is 70.1 Å². The molecule has 3 N–H and O–H groups in total. The number of anilines is 2. The summed E-state index contributed by atoms with van der Waals surface area (Å²) in [6.07, 6.45) is 5.54. The van der Waals surface area contributed by atoms with Gasteiger partial charge in [-0.25, -0.2) is 18.6 Å². The number of nitriles is 1. The number of halogens is 2. The first-order chi connectivity index (χ1) is 30.2. The number of aromatic nitrogens is 2. The average molecular weight is 887 g/mol. The smallest absolute Gasteiger partial charge is 0.329 e. The van der Waals surface area contributed by atoms with Crippen molar-refractivity contribution in [2.24, 2.45) is 12.0 Å². The zero-order valence-electron chi connectivity index (χ0n) is 35.1. The van der Waals surface area contributed by atoms with Crippen molar-refractivity contribution in [2.45, 2.75) is 81.7 Å². The molecule has 4 fully saturated rings. The highest BCUT2D eigenvalue weighted by Crippen LogP contribution is 2.45. The summed E-state index contributed by atoms with van der Waals surface area (Å²) in [5.41, 5.74) is 1.37. The van der Waals surface area contributed by atoms with Crippen LogP contribution in [0, 0.1) is 23.0 Å². The van der Waals surface area contributed by atoms with Crippen molar-refractivity contribution in [2.75, 3.05) is 49.5 Å². The second-order valence-corrected chi connectivity index (χ2v) is 18.8. The quantitative estimate of drug-likeness (QED) is 0.182. The van der Waals surface area contributed by atoms with Crippen molar-refractivity contribution in [3.63, 3.8) is 0 Å². The molecule has 4 aliphatic heterocycles. The highest BCUT2D eigenvalue weighted by molar-refractivity contribution is 7.90. The van der Waals surface area contributed by atoms with Crippen molar-refractivity contribution >= 4 is 56.6 Å². The van der Waals surface area contributed by atoms with E-state index in [4.69, 9.17) is 9.47 Å². The monoisotopic (exact) mass is 886 g/mol. The lowest BCUT2D eigenvalue weighted by molar-refractivity contribution is -0.120. The molecule has 3 aromatic carbocycles. The Balaban J connectivity index is 0.829. The molecule has 3 amide bonds. The van der Waals surface area contributed by atoms with Gasteiger partial charge in [-0.05, 0) is 86.1 Å². The summed E-state index contributed by atoms with van der Waals surface area (Å²) in [6, 6.07) is 11.6. The number of hydrogen-bond acceptors (Lipinski definition) is 12. The number of nitrogens with one attached hydrogen (secondary N) is 2. The van der Waals surface area contributed by atoms with Crippen LogP contribution in [0.2, 0.25) is 0 Å². The summed E-state index contributed by atoms with van der Waals surface area (Å²) in [4.78, 5) is 34.5. The van der Waals surface area contributed by atoms with Gasteiger partial charge in [-0.3, -0.25) is 29.3 Å². The van der Waals surface area contributed by atoms with Gasteiger partial charge in [0.15, 0.2) is 23.6 Å². The van der Waals surface area contributed by atoms with E-state index in [1.807, 2.05) is 12.1 Å². The number of rotatable bonds is 10. The molecule has 4 aromatic rings. The fraction of sp³-hybridized carbons (Fsp3) is 0.465. The van der Waals surface area contributed by atoms with Crippen molar-refractivity contribution in [3.8, 4) is 17.6 Å². The van der Waals surface area contributed by atoms with Crippen LogP contribution in [-0.2, 0) is 26.8 Å². The molecule has 3 atom stereocenters. The van der Waals surface area contributed by atoms with Crippen LogP contribution in [0.4, 0.5) is 30.8 Å². The number of carbonyl (C=O) groups is 2. The van der Waals surface area contributed by atoms with Crippen molar-refractivity contribution < 1.29 is 41.4 Å². The normalized spacial score (nSPS) is 25.2. The number of aliphatic hydroxyl groups excluding tert-OH is 1. The molecule has 0 radical (unpaired) electrons. The number of urea groups is 1. The third-order valence-corrected chi connectivity index (χ3v) is 14.9. The van der Waals surface area contributed by atoms with Gasteiger partial charge < -0.3 is 19.5 Å². The molecule has 17 nitrogen and oxygen atoms in total. The fourth-order valence-electron chi connectivity index (χ4n) is 9.71. The summed E-state index contributed by atoms with van der Waals surface area (Å²) in [5.74, 6) is -1.54. The molecular formula is C43H48F2N10O7S. The first-order valence-electron chi connectivity index (χ1n) is 21.1. The molecule has 5 heterocycles. The molecule has 20 heteroatoms. The van der Waals surface area contributed by atoms with Crippen LogP contribution >= 0.6 is 0 Å². The first-order valence-corrected chi connectivity index (χ1v) is 22.5. The van der Waals surface area contributed by atoms with E-state index in [-0.39, 0.29) is 60.2 Å². The predicted molar refractivity (Wildman–Crippen MR) is 228 cm³/mol. The molecule has 1 saturated carbocycles. The Morgan fingerprint density at radius 2 is 1.87 bits per heavy atom.